The summed E-state index contributed by atoms with van der Waals surface area (Å²) < 4.78 is 37.1. The van der Waals surface area contributed by atoms with Crippen molar-refractivity contribution in [1.29, 1.82) is 0 Å². The van der Waals surface area contributed by atoms with Crippen LogP contribution in [0, 0.1) is 5.92 Å². The van der Waals surface area contributed by atoms with E-state index in [1.54, 1.807) is 0 Å². The molecule has 0 radical (unpaired) electrons. The van der Waals surface area contributed by atoms with Gasteiger partial charge in [-0.15, -0.1) is 0 Å². The van der Waals surface area contributed by atoms with Crippen LogP contribution >= 0.6 is 0 Å². The van der Waals surface area contributed by atoms with Crippen molar-refractivity contribution in [1.82, 2.24) is 0 Å². The monoisotopic (exact) mass is 240 g/mol. The van der Waals surface area contributed by atoms with Gasteiger partial charge in [-0.3, -0.25) is 4.79 Å². The van der Waals surface area contributed by atoms with Crippen LogP contribution in [0.4, 0.5) is 13.2 Å². The van der Waals surface area contributed by atoms with Crippen LogP contribution in [0.1, 0.15) is 24.5 Å². The maximum atomic E-state index is 12.4. The van der Waals surface area contributed by atoms with Crippen LogP contribution in [0.2, 0.25) is 0 Å². The first-order valence-corrected chi connectivity index (χ1v) is 5.30. The van der Waals surface area contributed by atoms with Crippen molar-refractivity contribution >= 4 is 11.4 Å². The minimum Gasteiger partial charge on any atom is -0.295 e. The van der Waals surface area contributed by atoms with Gasteiger partial charge in [-0.25, -0.2) is 0 Å². The molecule has 1 aromatic carbocycles. The average molecular weight is 240 g/mol. The molecule has 0 spiro atoms. The van der Waals surface area contributed by atoms with Gasteiger partial charge in [0, 0.05) is 5.92 Å². The van der Waals surface area contributed by atoms with Crippen molar-refractivity contribution in [3.05, 3.63) is 41.5 Å². The van der Waals surface area contributed by atoms with E-state index in [2.05, 4.69) is 0 Å². The highest BCUT2D eigenvalue weighted by atomic mass is 19.4. The minimum absolute atomic E-state index is 0.0416. The van der Waals surface area contributed by atoms with Gasteiger partial charge >= 0.3 is 6.18 Å². The molecule has 0 saturated heterocycles. The van der Waals surface area contributed by atoms with E-state index in [1.807, 2.05) is 6.92 Å². The molecule has 0 heterocycles. The molecule has 1 aromatic rings. The average Bonchev–Trinajstić information content (AvgIpc) is 2.58. The molecule has 0 aromatic heterocycles. The summed E-state index contributed by atoms with van der Waals surface area (Å²) in [4.78, 5) is 11.3. The third-order valence-electron chi connectivity index (χ3n) is 2.91. The number of carbonyl (C=O) groups excluding carboxylic acids is 1. The normalized spacial score (nSPS) is 20.6. The van der Waals surface area contributed by atoms with Crippen molar-refractivity contribution in [2.75, 3.05) is 0 Å². The molecular formula is C13H11F3O. The van der Waals surface area contributed by atoms with Crippen LogP contribution in [0.15, 0.2) is 30.3 Å². The molecule has 1 aliphatic carbocycles. The number of ketones is 1. The van der Waals surface area contributed by atoms with E-state index in [9.17, 15) is 18.0 Å². The Labute approximate surface area is 96.9 Å². The summed E-state index contributed by atoms with van der Waals surface area (Å²) in [7, 11) is 0. The number of carbonyl (C=O) groups is 1. The van der Waals surface area contributed by atoms with Crippen LogP contribution in [0.3, 0.4) is 0 Å². The van der Waals surface area contributed by atoms with Crippen molar-refractivity contribution in [2.45, 2.75) is 19.5 Å². The third kappa shape index (κ3) is 2.40. The fourth-order valence-electron chi connectivity index (χ4n) is 1.88. The zero-order valence-electron chi connectivity index (χ0n) is 9.21. The number of allylic oxidation sites excluding steroid dienone is 2. The number of alkyl halides is 3. The summed E-state index contributed by atoms with van der Waals surface area (Å²) in [5.74, 6) is -0.0211. The van der Waals surface area contributed by atoms with Gasteiger partial charge < -0.3 is 0 Å². The summed E-state index contributed by atoms with van der Waals surface area (Å²) in [6.07, 6.45) is -2.19. The molecule has 1 unspecified atom stereocenters. The molecule has 1 aliphatic rings. The first-order chi connectivity index (χ1) is 7.88. The van der Waals surface area contributed by atoms with Crippen LogP contribution < -0.4 is 0 Å². The summed E-state index contributed by atoms with van der Waals surface area (Å²) in [6.45, 7) is 1.82. The Morgan fingerprint density at radius 2 is 1.76 bits per heavy atom. The van der Waals surface area contributed by atoms with Gasteiger partial charge in [-0.05, 0) is 35.8 Å². The van der Waals surface area contributed by atoms with Gasteiger partial charge in [-0.2, -0.15) is 13.2 Å². The fraction of sp³-hybridized carbons (Fsp3) is 0.308. The van der Waals surface area contributed by atoms with Gasteiger partial charge in [0.1, 0.15) is 0 Å². The van der Waals surface area contributed by atoms with Gasteiger partial charge in [0.25, 0.3) is 0 Å². The smallest absolute Gasteiger partial charge is 0.295 e. The Bertz CT molecular complexity index is 468. The van der Waals surface area contributed by atoms with E-state index in [0.717, 1.165) is 17.7 Å². The van der Waals surface area contributed by atoms with Gasteiger partial charge in [0.15, 0.2) is 5.78 Å². The van der Waals surface area contributed by atoms with E-state index in [4.69, 9.17) is 0 Å². The number of hydrogen-bond donors (Lipinski definition) is 0. The highest BCUT2D eigenvalue weighted by molar-refractivity contribution is 6.03. The Morgan fingerprint density at radius 1 is 1.18 bits per heavy atom. The lowest BCUT2D eigenvalue weighted by Gasteiger charge is -2.08. The topological polar surface area (TPSA) is 17.1 Å². The van der Waals surface area contributed by atoms with Crippen LogP contribution in [0.25, 0.3) is 5.57 Å². The molecule has 2 rings (SSSR count). The SMILES string of the molecule is CC1CC(c2ccc(C(F)(F)F)cc2)=CC1=O. The molecule has 0 N–H and O–H groups in total. The standard InChI is InChI=1S/C13H11F3O/c1-8-6-10(7-12(8)17)9-2-4-11(5-3-9)13(14,15)16/h2-5,7-8H,6H2,1H3. The van der Waals surface area contributed by atoms with E-state index in [-0.39, 0.29) is 11.7 Å². The van der Waals surface area contributed by atoms with Crippen molar-refractivity contribution in [3.63, 3.8) is 0 Å². The molecule has 0 fully saturated rings. The van der Waals surface area contributed by atoms with E-state index in [1.165, 1.54) is 18.2 Å². The van der Waals surface area contributed by atoms with Crippen LogP contribution in [-0.4, -0.2) is 5.78 Å². The van der Waals surface area contributed by atoms with Crippen molar-refractivity contribution in [3.8, 4) is 0 Å². The fourth-order valence-corrected chi connectivity index (χ4v) is 1.88. The Balaban J connectivity index is 2.26. The molecule has 1 nitrogen and oxygen atoms in total. The largest absolute Gasteiger partial charge is 0.416 e. The maximum absolute atomic E-state index is 12.4. The lowest BCUT2D eigenvalue weighted by Crippen LogP contribution is -2.04. The first-order valence-electron chi connectivity index (χ1n) is 5.30. The molecule has 0 saturated carbocycles. The highest BCUT2D eigenvalue weighted by Gasteiger charge is 2.30. The predicted molar refractivity (Wildman–Crippen MR) is 58.2 cm³/mol. The Hall–Kier alpha value is -1.58. The van der Waals surface area contributed by atoms with E-state index < -0.39 is 11.7 Å². The lowest BCUT2D eigenvalue weighted by atomic mass is 10.0. The quantitative estimate of drug-likeness (QED) is 0.731. The second-order valence-electron chi connectivity index (χ2n) is 4.25. The minimum atomic E-state index is -4.31. The number of halogens is 3. The number of hydrogen-bond acceptors (Lipinski definition) is 1. The second-order valence-corrected chi connectivity index (χ2v) is 4.25. The van der Waals surface area contributed by atoms with E-state index in [0.29, 0.717) is 12.0 Å². The molecule has 90 valence electrons. The van der Waals surface area contributed by atoms with Gasteiger partial charge in [-0.1, -0.05) is 19.1 Å². The first kappa shape index (κ1) is 11.9. The van der Waals surface area contributed by atoms with Crippen molar-refractivity contribution < 1.29 is 18.0 Å². The molecule has 4 heteroatoms. The maximum Gasteiger partial charge on any atom is 0.416 e. The highest BCUT2D eigenvalue weighted by Crippen LogP contribution is 2.33. The Kier molecular flexibility index (Phi) is 2.81. The van der Waals surface area contributed by atoms with Crippen molar-refractivity contribution in [2.24, 2.45) is 5.92 Å². The summed E-state index contributed by atoms with van der Waals surface area (Å²) >= 11 is 0. The van der Waals surface area contributed by atoms with E-state index >= 15 is 0 Å². The molecule has 0 aliphatic heterocycles. The van der Waals surface area contributed by atoms with Gasteiger partial charge in [0.05, 0.1) is 5.56 Å². The summed E-state index contributed by atoms with van der Waals surface area (Å²) in [5.41, 5.74) is 0.839. The molecular weight excluding hydrogens is 229 g/mol. The van der Waals surface area contributed by atoms with Crippen LogP contribution in [0.5, 0.6) is 0 Å². The van der Waals surface area contributed by atoms with Crippen LogP contribution in [-0.2, 0) is 11.0 Å². The van der Waals surface area contributed by atoms with Gasteiger partial charge in [0.2, 0.25) is 0 Å². The molecule has 1 atom stereocenters. The second kappa shape index (κ2) is 4.02. The zero-order valence-corrected chi connectivity index (χ0v) is 9.21. The summed E-state index contributed by atoms with van der Waals surface area (Å²) in [5, 5.41) is 0. The molecule has 0 amide bonds. The number of rotatable bonds is 1. The lowest BCUT2D eigenvalue weighted by molar-refractivity contribution is -0.137. The molecule has 17 heavy (non-hydrogen) atoms. The summed E-state index contributed by atoms with van der Waals surface area (Å²) in [6, 6.07) is 4.92. The Morgan fingerprint density at radius 3 is 2.18 bits per heavy atom. The third-order valence-corrected chi connectivity index (χ3v) is 2.91. The number of benzene rings is 1. The predicted octanol–water partition coefficient (Wildman–Crippen LogP) is 3.70. The zero-order chi connectivity index (χ0) is 12.6. The molecule has 0 bridgehead atoms.